The van der Waals surface area contributed by atoms with Gasteiger partial charge in [0.15, 0.2) is 0 Å². The third-order valence-electron chi connectivity index (χ3n) is 2.64. The second-order valence-electron chi connectivity index (χ2n) is 4.50. The quantitative estimate of drug-likeness (QED) is 0.660. The number of unbranched alkanes of at least 4 members (excludes halogenated alkanes) is 1. The molecule has 1 rings (SSSR count). The molecule has 0 saturated carbocycles. The summed E-state index contributed by atoms with van der Waals surface area (Å²) in [4.78, 5) is 0. The summed E-state index contributed by atoms with van der Waals surface area (Å²) in [6.07, 6.45) is 2.38. The fraction of sp³-hybridized carbons (Fsp3) is 0.538. The second kappa shape index (κ2) is 8.59. The summed E-state index contributed by atoms with van der Waals surface area (Å²) in [5.74, 6) is -0.589. The Hall–Kier alpha value is -0.660. The van der Waals surface area contributed by atoms with E-state index in [2.05, 4.69) is 32.9 Å². The van der Waals surface area contributed by atoms with E-state index in [9.17, 15) is 12.8 Å². The van der Waals surface area contributed by atoms with E-state index in [0.29, 0.717) is 10.9 Å². The fourth-order valence-electron chi connectivity index (χ4n) is 1.64. The highest BCUT2D eigenvalue weighted by Gasteiger charge is 2.13. The van der Waals surface area contributed by atoms with Crippen molar-refractivity contribution in [2.75, 3.05) is 23.6 Å². The van der Waals surface area contributed by atoms with Gasteiger partial charge in [-0.2, -0.15) is 0 Å². The summed E-state index contributed by atoms with van der Waals surface area (Å²) in [7, 11) is -3.51. The lowest BCUT2D eigenvalue weighted by Gasteiger charge is -2.09. The largest absolute Gasteiger partial charge is 0.317 e. The van der Waals surface area contributed by atoms with Crippen LogP contribution in [0.1, 0.15) is 26.2 Å². The van der Waals surface area contributed by atoms with Crippen molar-refractivity contribution in [2.24, 2.45) is 0 Å². The fourth-order valence-corrected chi connectivity index (χ4v) is 3.18. The maximum atomic E-state index is 13.5. The number of benzene rings is 1. The van der Waals surface area contributed by atoms with Crippen LogP contribution in [-0.4, -0.2) is 27.3 Å². The van der Waals surface area contributed by atoms with Gasteiger partial charge in [-0.05, 0) is 50.6 Å². The Morgan fingerprint density at radius 2 is 2.00 bits per heavy atom. The summed E-state index contributed by atoms with van der Waals surface area (Å²) in [6.45, 7) is 3.82. The Balaban J connectivity index is 2.43. The number of rotatable bonds is 9. The van der Waals surface area contributed by atoms with Crippen LogP contribution in [-0.2, 0) is 10.0 Å². The van der Waals surface area contributed by atoms with Crippen LogP contribution in [0.2, 0.25) is 0 Å². The normalized spacial score (nSPS) is 11.6. The molecule has 1 aromatic rings. The van der Waals surface area contributed by atoms with Crippen LogP contribution in [0.25, 0.3) is 0 Å². The predicted molar refractivity (Wildman–Crippen MR) is 83.9 cm³/mol. The van der Waals surface area contributed by atoms with Crippen LogP contribution >= 0.6 is 15.9 Å². The SMILES string of the molecule is CCCNCCCCS(=O)(=O)Nc1cc(Br)ccc1F. The molecule has 0 unspecified atom stereocenters. The molecular formula is C13H20BrFN2O2S. The van der Waals surface area contributed by atoms with E-state index in [4.69, 9.17) is 0 Å². The molecule has 7 heteroatoms. The number of halogens is 2. The van der Waals surface area contributed by atoms with Crippen LogP contribution in [0.15, 0.2) is 22.7 Å². The van der Waals surface area contributed by atoms with Gasteiger partial charge < -0.3 is 5.32 Å². The van der Waals surface area contributed by atoms with E-state index in [0.717, 1.165) is 25.9 Å². The van der Waals surface area contributed by atoms with Crippen molar-refractivity contribution in [1.82, 2.24) is 5.32 Å². The van der Waals surface area contributed by atoms with Crippen molar-refractivity contribution in [2.45, 2.75) is 26.2 Å². The lowest BCUT2D eigenvalue weighted by atomic mass is 10.3. The van der Waals surface area contributed by atoms with Crippen LogP contribution in [0.3, 0.4) is 0 Å². The van der Waals surface area contributed by atoms with Gasteiger partial charge in [-0.1, -0.05) is 22.9 Å². The van der Waals surface area contributed by atoms with E-state index < -0.39 is 15.8 Å². The van der Waals surface area contributed by atoms with Crippen LogP contribution in [0.5, 0.6) is 0 Å². The summed E-state index contributed by atoms with van der Waals surface area (Å²) >= 11 is 3.18. The van der Waals surface area contributed by atoms with Gasteiger partial charge in [0.25, 0.3) is 0 Å². The van der Waals surface area contributed by atoms with Crippen molar-refractivity contribution in [1.29, 1.82) is 0 Å². The van der Waals surface area contributed by atoms with E-state index in [1.807, 2.05) is 0 Å². The molecule has 114 valence electrons. The molecule has 0 fully saturated rings. The molecule has 4 nitrogen and oxygen atoms in total. The third kappa shape index (κ3) is 6.67. The Bertz CT molecular complexity index is 523. The predicted octanol–water partition coefficient (Wildman–Crippen LogP) is 3.11. The average Bonchev–Trinajstić information content (AvgIpc) is 2.38. The zero-order valence-corrected chi connectivity index (χ0v) is 13.9. The summed E-state index contributed by atoms with van der Waals surface area (Å²) in [6, 6.07) is 4.15. The highest BCUT2D eigenvalue weighted by atomic mass is 79.9. The first-order valence-corrected chi connectivity index (χ1v) is 9.05. The van der Waals surface area contributed by atoms with E-state index in [1.165, 1.54) is 18.2 Å². The van der Waals surface area contributed by atoms with Gasteiger partial charge in [0, 0.05) is 4.47 Å². The highest BCUT2D eigenvalue weighted by Crippen LogP contribution is 2.21. The number of hydrogen-bond donors (Lipinski definition) is 2. The number of nitrogens with one attached hydrogen (secondary N) is 2. The smallest absolute Gasteiger partial charge is 0.232 e. The van der Waals surface area contributed by atoms with Gasteiger partial charge >= 0.3 is 0 Å². The Labute approximate surface area is 128 Å². The maximum absolute atomic E-state index is 13.5. The minimum atomic E-state index is -3.51. The third-order valence-corrected chi connectivity index (χ3v) is 4.49. The van der Waals surface area contributed by atoms with Crippen molar-refractivity contribution < 1.29 is 12.8 Å². The van der Waals surface area contributed by atoms with Gasteiger partial charge in [-0.15, -0.1) is 0 Å². The molecule has 0 heterocycles. The van der Waals surface area contributed by atoms with E-state index >= 15 is 0 Å². The lowest BCUT2D eigenvalue weighted by Crippen LogP contribution is -2.20. The molecule has 2 N–H and O–H groups in total. The minimum Gasteiger partial charge on any atom is -0.317 e. The van der Waals surface area contributed by atoms with Gasteiger partial charge in [0.1, 0.15) is 5.82 Å². The highest BCUT2D eigenvalue weighted by molar-refractivity contribution is 9.10. The molecule has 0 amide bonds. The zero-order valence-electron chi connectivity index (χ0n) is 11.5. The van der Waals surface area contributed by atoms with Gasteiger partial charge in [-0.3, -0.25) is 4.72 Å². The number of hydrogen-bond acceptors (Lipinski definition) is 3. The maximum Gasteiger partial charge on any atom is 0.232 e. The molecular weight excluding hydrogens is 347 g/mol. The molecule has 0 saturated heterocycles. The Morgan fingerprint density at radius 3 is 2.70 bits per heavy atom. The molecule has 0 aromatic heterocycles. The number of sulfonamides is 1. The summed E-state index contributed by atoms with van der Waals surface area (Å²) < 4.78 is 40.0. The van der Waals surface area contributed by atoms with Gasteiger partial charge in [0.2, 0.25) is 10.0 Å². The monoisotopic (exact) mass is 366 g/mol. The topological polar surface area (TPSA) is 58.2 Å². The average molecular weight is 367 g/mol. The van der Waals surface area contributed by atoms with Crippen LogP contribution < -0.4 is 10.0 Å². The molecule has 0 radical (unpaired) electrons. The molecule has 20 heavy (non-hydrogen) atoms. The summed E-state index contributed by atoms with van der Waals surface area (Å²) in [5, 5.41) is 3.21. The molecule has 0 atom stereocenters. The van der Waals surface area contributed by atoms with E-state index in [1.54, 1.807) is 0 Å². The first-order chi connectivity index (χ1) is 9.44. The van der Waals surface area contributed by atoms with Gasteiger partial charge in [0.05, 0.1) is 11.4 Å². The van der Waals surface area contributed by atoms with Crippen LogP contribution in [0, 0.1) is 5.82 Å². The first kappa shape index (κ1) is 17.4. The van der Waals surface area contributed by atoms with Crippen LogP contribution in [0.4, 0.5) is 10.1 Å². The minimum absolute atomic E-state index is 0.00718. The van der Waals surface area contributed by atoms with Crippen molar-refractivity contribution >= 4 is 31.6 Å². The molecule has 0 aliphatic carbocycles. The van der Waals surface area contributed by atoms with Crippen molar-refractivity contribution in [3.8, 4) is 0 Å². The molecule has 0 bridgehead atoms. The first-order valence-electron chi connectivity index (χ1n) is 6.61. The van der Waals surface area contributed by atoms with Gasteiger partial charge in [-0.25, -0.2) is 12.8 Å². The second-order valence-corrected chi connectivity index (χ2v) is 7.26. The summed E-state index contributed by atoms with van der Waals surface area (Å²) in [5.41, 5.74) is -0.0246. The van der Waals surface area contributed by atoms with Crippen molar-refractivity contribution in [3.63, 3.8) is 0 Å². The van der Waals surface area contributed by atoms with E-state index in [-0.39, 0.29) is 11.4 Å². The standard InChI is InChI=1S/C13H20BrFN2O2S/c1-2-7-16-8-3-4-9-20(18,19)17-13-10-11(14)5-6-12(13)15/h5-6,10,16-17H,2-4,7-9H2,1H3. The van der Waals surface area contributed by atoms with Crippen molar-refractivity contribution in [3.05, 3.63) is 28.5 Å². The zero-order chi connectivity index (χ0) is 15.0. The lowest BCUT2D eigenvalue weighted by molar-refractivity contribution is 0.588. The molecule has 0 spiro atoms. The molecule has 0 aliphatic rings. The Kier molecular flexibility index (Phi) is 7.47. The number of anilines is 1. The molecule has 0 aliphatic heterocycles. The Morgan fingerprint density at radius 1 is 1.25 bits per heavy atom. The molecule has 1 aromatic carbocycles.